The lowest BCUT2D eigenvalue weighted by molar-refractivity contribution is 0.00832. The SMILES string of the molecule is CN([O-])CCCCC(C)(C)OCI. The monoisotopic (exact) mass is 300 g/mol. The van der Waals surface area contributed by atoms with Gasteiger partial charge in [-0.15, -0.1) is 0 Å². The first-order chi connectivity index (χ1) is 5.98. The molecule has 0 rings (SSSR count). The molecule has 0 aliphatic heterocycles. The molecular weight excluding hydrogens is 281 g/mol. The molecule has 4 heteroatoms. The highest BCUT2D eigenvalue weighted by atomic mass is 127. The molecular formula is C9H19INO2-. The van der Waals surface area contributed by atoms with Crippen molar-refractivity contribution < 1.29 is 4.74 Å². The fraction of sp³-hybridized carbons (Fsp3) is 1.00. The van der Waals surface area contributed by atoms with Crippen molar-refractivity contribution in [3.8, 4) is 0 Å². The number of ether oxygens (including phenoxy) is 1. The van der Waals surface area contributed by atoms with E-state index in [0.717, 1.165) is 28.9 Å². The van der Waals surface area contributed by atoms with E-state index < -0.39 is 0 Å². The Hall–Kier alpha value is 0.610. The summed E-state index contributed by atoms with van der Waals surface area (Å²) in [4.78, 5) is 0. The lowest BCUT2D eigenvalue weighted by Gasteiger charge is -2.26. The summed E-state index contributed by atoms with van der Waals surface area (Å²) in [5.74, 6) is 0. The van der Waals surface area contributed by atoms with Gasteiger partial charge in [0.25, 0.3) is 0 Å². The van der Waals surface area contributed by atoms with Gasteiger partial charge in [-0.05, 0) is 46.7 Å². The number of hydroxylamine groups is 2. The molecule has 0 N–H and O–H groups in total. The number of halogens is 1. The fourth-order valence-corrected chi connectivity index (χ4v) is 1.95. The average molecular weight is 300 g/mol. The smallest absolute Gasteiger partial charge is 0.0986 e. The Morgan fingerprint density at radius 2 is 2.00 bits per heavy atom. The van der Waals surface area contributed by atoms with Crippen LogP contribution in [0.3, 0.4) is 0 Å². The van der Waals surface area contributed by atoms with Crippen molar-refractivity contribution in [3.05, 3.63) is 5.21 Å². The predicted molar refractivity (Wildman–Crippen MR) is 63.9 cm³/mol. The summed E-state index contributed by atoms with van der Waals surface area (Å²) >= 11 is 2.20. The molecule has 80 valence electrons. The first-order valence-corrected chi connectivity index (χ1v) is 6.09. The number of alkyl halides is 1. The summed E-state index contributed by atoms with van der Waals surface area (Å²) in [6, 6.07) is 0. The van der Waals surface area contributed by atoms with Crippen LogP contribution in [-0.2, 0) is 4.74 Å². The van der Waals surface area contributed by atoms with Gasteiger partial charge >= 0.3 is 0 Å². The van der Waals surface area contributed by atoms with Crippen LogP contribution in [0.25, 0.3) is 0 Å². The van der Waals surface area contributed by atoms with Gasteiger partial charge in [0.15, 0.2) is 0 Å². The maximum atomic E-state index is 10.6. The molecule has 0 fully saturated rings. The molecule has 13 heavy (non-hydrogen) atoms. The van der Waals surface area contributed by atoms with Crippen LogP contribution in [0.15, 0.2) is 0 Å². The first-order valence-electron chi connectivity index (χ1n) is 4.56. The van der Waals surface area contributed by atoms with E-state index in [0.29, 0.717) is 6.54 Å². The lowest BCUT2D eigenvalue weighted by atomic mass is 10.0. The summed E-state index contributed by atoms with van der Waals surface area (Å²) in [5.41, 5.74) is -0.0390. The second kappa shape index (κ2) is 6.98. The van der Waals surface area contributed by atoms with Gasteiger partial charge in [-0.25, -0.2) is 0 Å². The van der Waals surface area contributed by atoms with Crippen LogP contribution < -0.4 is 0 Å². The minimum Gasteiger partial charge on any atom is -0.785 e. The Bertz CT molecular complexity index is 129. The maximum Gasteiger partial charge on any atom is 0.0986 e. The van der Waals surface area contributed by atoms with Crippen molar-refractivity contribution in [1.29, 1.82) is 0 Å². The summed E-state index contributed by atoms with van der Waals surface area (Å²) < 4.78 is 6.26. The standard InChI is InChI=1S/C9H19INO2/c1-9(2,13-8-10)6-4-5-7-11(3)12/h4-8H2,1-3H3/q-1. The molecule has 0 aromatic carbocycles. The van der Waals surface area contributed by atoms with Gasteiger partial charge < -0.3 is 15.0 Å². The molecule has 0 saturated heterocycles. The van der Waals surface area contributed by atoms with E-state index in [1.54, 1.807) is 7.05 Å². The van der Waals surface area contributed by atoms with Crippen molar-refractivity contribution in [2.75, 3.05) is 18.2 Å². The minimum absolute atomic E-state index is 0.0390. The van der Waals surface area contributed by atoms with Gasteiger partial charge in [0, 0.05) is 0 Å². The topological polar surface area (TPSA) is 35.5 Å². The van der Waals surface area contributed by atoms with E-state index in [2.05, 4.69) is 36.4 Å². The molecule has 0 heterocycles. The van der Waals surface area contributed by atoms with Crippen LogP contribution in [0.4, 0.5) is 0 Å². The molecule has 0 aromatic rings. The highest BCUT2D eigenvalue weighted by molar-refractivity contribution is 14.1. The van der Waals surface area contributed by atoms with Crippen LogP contribution in [0.2, 0.25) is 0 Å². The molecule has 0 atom stereocenters. The minimum atomic E-state index is -0.0390. The third kappa shape index (κ3) is 8.93. The lowest BCUT2D eigenvalue weighted by Crippen LogP contribution is -2.24. The van der Waals surface area contributed by atoms with Crippen molar-refractivity contribution in [2.24, 2.45) is 0 Å². The Morgan fingerprint density at radius 1 is 1.38 bits per heavy atom. The van der Waals surface area contributed by atoms with Crippen LogP contribution in [-0.4, -0.2) is 28.9 Å². The number of hydrogen-bond acceptors (Lipinski definition) is 3. The van der Waals surface area contributed by atoms with Crippen LogP contribution in [0.1, 0.15) is 33.1 Å². The third-order valence-corrected chi connectivity index (χ3v) is 2.26. The zero-order valence-corrected chi connectivity index (χ0v) is 10.8. The van der Waals surface area contributed by atoms with Crippen molar-refractivity contribution in [3.63, 3.8) is 0 Å². The Balaban J connectivity index is 3.40. The fourth-order valence-electron chi connectivity index (χ4n) is 1.11. The predicted octanol–water partition coefficient (Wildman–Crippen LogP) is 2.77. The molecule has 0 aliphatic rings. The van der Waals surface area contributed by atoms with E-state index in [1.165, 1.54) is 0 Å². The van der Waals surface area contributed by atoms with Crippen LogP contribution >= 0.6 is 22.6 Å². The quantitative estimate of drug-likeness (QED) is 0.314. The molecule has 0 aliphatic carbocycles. The highest BCUT2D eigenvalue weighted by Gasteiger charge is 2.16. The second-order valence-electron chi connectivity index (χ2n) is 3.82. The normalized spacial score (nSPS) is 12.5. The number of nitrogens with zero attached hydrogens (tertiary/aromatic N) is 1. The number of rotatable bonds is 7. The van der Waals surface area contributed by atoms with Gasteiger partial charge in [-0.3, -0.25) is 0 Å². The van der Waals surface area contributed by atoms with Gasteiger partial charge in [0.05, 0.1) is 10.2 Å². The molecule has 0 unspecified atom stereocenters. The molecule has 0 saturated carbocycles. The molecule has 0 amide bonds. The van der Waals surface area contributed by atoms with Gasteiger partial charge in [0.2, 0.25) is 0 Å². The summed E-state index contributed by atoms with van der Waals surface area (Å²) in [5, 5.41) is 11.6. The molecule has 0 bridgehead atoms. The third-order valence-electron chi connectivity index (χ3n) is 1.95. The largest absolute Gasteiger partial charge is 0.785 e. The van der Waals surface area contributed by atoms with Gasteiger partial charge in [0.1, 0.15) is 0 Å². The molecule has 0 radical (unpaired) electrons. The van der Waals surface area contributed by atoms with E-state index in [-0.39, 0.29) is 5.60 Å². The molecule has 0 spiro atoms. The van der Waals surface area contributed by atoms with Crippen molar-refractivity contribution in [2.45, 2.75) is 38.7 Å². The summed E-state index contributed by atoms with van der Waals surface area (Å²) in [6.45, 7) is 4.81. The first kappa shape index (κ1) is 13.6. The van der Waals surface area contributed by atoms with Crippen molar-refractivity contribution in [1.82, 2.24) is 5.06 Å². The Kier molecular flexibility index (Phi) is 7.30. The number of unbranched alkanes of at least 4 members (excludes halogenated alkanes) is 1. The van der Waals surface area contributed by atoms with E-state index in [1.807, 2.05) is 0 Å². The van der Waals surface area contributed by atoms with E-state index in [9.17, 15) is 5.21 Å². The average Bonchev–Trinajstić information content (AvgIpc) is 1.98. The zero-order chi connectivity index (χ0) is 10.3. The highest BCUT2D eigenvalue weighted by Crippen LogP contribution is 2.18. The summed E-state index contributed by atoms with van der Waals surface area (Å²) in [6.07, 6.45) is 3.02. The van der Waals surface area contributed by atoms with Crippen molar-refractivity contribution >= 4 is 22.6 Å². The zero-order valence-electron chi connectivity index (χ0n) is 8.68. The van der Waals surface area contributed by atoms with E-state index >= 15 is 0 Å². The van der Waals surface area contributed by atoms with Gasteiger partial charge in [-0.2, -0.15) is 0 Å². The maximum absolute atomic E-state index is 10.6. The van der Waals surface area contributed by atoms with Crippen LogP contribution in [0, 0.1) is 5.21 Å². The molecule has 0 aromatic heterocycles. The Morgan fingerprint density at radius 3 is 2.46 bits per heavy atom. The molecule has 3 nitrogen and oxygen atoms in total. The Labute approximate surface area is 94.5 Å². The summed E-state index contributed by atoms with van der Waals surface area (Å²) in [7, 11) is 1.56. The second-order valence-corrected chi connectivity index (χ2v) is 4.44. The van der Waals surface area contributed by atoms with E-state index in [4.69, 9.17) is 4.74 Å². The van der Waals surface area contributed by atoms with Crippen LogP contribution in [0.5, 0.6) is 0 Å². The number of hydrogen-bond donors (Lipinski definition) is 0. The van der Waals surface area contributed by atoms with Gasteiger partial charge in [-0.1, -0.05) is 22.6 Å².